The number of rotatable bonds is 4. The van der Waals surface area contributed by atoms with Crippen molar-refractivity contribution in [1.82, 2.24) is 9.13 Å². The lowest BCUT2D eigenvalue weighted by atomic mass is 9.83. The lowest BCUT2D eigenvalue weighted by Crippen LogP contribution is -2.43. The summed E-state index contributed by atoms with van der Waals surface area (Å²) in [7, 11) is 7.31. The van der Waals surface area contributed by atoms with E-state index in [1.807, 2.05) is 0 Å². The summed E-state index contributed by atoms with van der Waals surface area (Å²) in [6.07, 6.45) is 0. The van der Waals surface area contributed by atoms with Crippen molar-refractivity contribution in [3.05, 3.63) is 55.5 Å². The molecule has 10 heteroatoms. The Morgan fingerprint density at radius 3 is 2.14 bits per heavy atom. The summed E-state index contributed by atoms with van der Waals surface area (Å²) in [6, 6.07) is 5.37. The SMILES string of the molecule is COc1cc([C@@H]2C(C#N)=C(N)Nc3c2c(=O)n(C)c(=O)n3C)cc(OC)c1OC. The van der Waals surface area contributed by atoms with Crippen molar-refractivity contribution >= 4 is 5.82 Å². The van der Waals surface area contributed by atoms with Crippen molar-refractivity contribution in [2.75, 3.05) is 26.6 Å². The number of benzene rings is 1. The first-order chi connectivity index (χ1) is 13.8. The number of anilines is 1. The highest BCUT2D eigenvalue weighted by Gasteiger charge is 2.35. The van der Waals surface area contributed by atoms with Crippen LogP contribution in [-0.2, 0) is 14.1 Å². The highest BCUT2D eigenvalue weighted by atomic mass is 16.5. The number of ether oxygens (including phenoxy) is 3. The second-order valence-corrected chi connectivity index (χ2v) is 6.42. The Morgan fingerprint density at radius 1 is 1.07 bits per heavy atom. The van der Waals surface area contributed by atoms with E-state index < -0.39 is 17.2 Å². The number of nitrogens with one attached hydrogen (secondary N) is 1. The molecule has 0 aliphatic carbocycles. The van der Waals surface area contributed by atoms with Gasteiger partial charge >= 0.3 is 5.69 Å². The second-order valence-electron chi connectivity index (χ2n) is 6.42. The lowest BCUT2D eigenvalue weighted by Gasteiger charge is -2.29. The molecule has 1 aliphatic heterocycles. The van der Waals surface area contributed by atoms with Gasteiger partial charge in [0.25, 0.3) is 5.56 Å². The van der Waals surface area contributed by atoms with Gasteiger partial charge in [-0.1, -0.05) is 0 Å². The fourth-order valence-corrected chi connectivity index (χ4v) is 3.50. The molecular weight excluding hydrogens is 378 g/mol. The molecule has 0 bridgehead atoms. The van der Waals surface area contributed by atoms with Crippen molar-refractivity contribution in [3.8, 4) is 23.3 Å². The topological polar surface area (TPSA) is 134 Å². The minimum Gasteiger partial charge on any atom is -0.493 e. The van der Waals surface area contributed by atoms with E-state index >= 15 is 0 Å². The lowest BCUT2D eigenvalue weighted by molar-refractivity contribution is 0.323. The molecule has 3 rings (SSSR count). The Bertz CT molecular complexity index is 1160. The number of methoxy groups -OCH3 is 3. The van der Waals surface area contributed by atoms with Crippen LogP contribution in [-0.4, -0.2) is 30.5 Å². The van der Waals surface area contributed by atoms with Gasteiger partial charge in [-0.05, 0) is 17.7 Å². The molecule has 0 saturated heterocycles. The molecule has 1 aromatic carbocycles. The average molecular weight is 399 g/mol. The van der Waals surface area contributed by atoms with E-state index in [1.165, 1.54) is 40.0 Å². The third-order valence-corrected chi connectivity index (χ3v) is 4.96. The molecule has 3 N–H and O–H groups in total. The monoisotopic (exact) mass is 399 g/mol. The molecule has 0 unspecified atom stereocenters. The summed E-state index contributed by atoms with van der Waals surface area (Å²) in [5.41, 5.74) is 5.91. The number of nitrogens with zero attached hydrogens (tertiary/aromatic N) is 3. The first kappa shape index (κ1) is 19.9. The highest BCUT2D eigenvalue weighted by molar-refractivity contribution is 5.66. The molecule has 1 aromatic heterocycles. The summed E-state index contributed by atoms with van der Waals surface area (Å²) < 4.78 is 18.4. The standard InChI is InChI=1S/C19H21N5O5/c1-23-17-14(18(25)24(2)19(23)26)13(10(8-20)16(21)22-17)9-6-11(27-3)15(29-5)12(7-9)28-4/h6-7,13,22H,21H2,1-5H3/t13-/m1/s1. The molecule has 0 fully saturated rings. The average Bonchev–Trinajstić information content (AvgIpc) is 2.74. The molecule has 1 atom stereocenters. The van der Waals surface area contributed by atoms with E-state index in [0.29, 0.717) is 22.8 Å². The quantitative estimate of drug-likeness (QED) is 0.753. The summed E-state index contributed by atoms with van der Waals surface area (Å²) in [4.78, 5) is 25.4. The first-order valence-corrected chi connectivity index (χ1v) is 8.57. The van der Waals surface area contributed by atoms with Gasteiger partial charge in [-0.3, -0.25) is 13.9 Å². The maximum Gasteiger partial charge on any atom is 0.332 e. The van der Waals surface area contributed by atoms with Crippen LogP contribution in [0.25, 0.3) is 0 Å². The van der Waals surface area contributed by atoms with Gasteiger partial charge < -0.3 is 25.3 Å². The van der Waals surface area contributed by atoms with E-state index in [4.69, 9.17) is 19.9 Å². The van der Waals surface area contributed by atoms with Gasteiger partial charge in [0.15, 0.2) is 11.5 Å². The van der Waals surface area contributed by atoms with E-state index in [1.54, 1.807) is 12.1 Å². The fraction of sp³-hybridized carbons (Fsp3) is 0.316. The second kappa shape index (κ2) is 7.27. The van der Waals surface area contributed by atoms with Gasteiger partial charge in [-0.15, -0.1) is 0 Å². The normalized spacial score (nSPS) is 15.2. The number of hydrogen-bond donors (Lipinski definition) is 2. The number of allylic oxidation sites excluding steroid dienone is 1. The van der Waals surface area contributed by atoms with Crippen LogP contribution in [0.2, 0.25) is 0 Å². The number of aromatic nitrogens is 2. The van der Waals surface area contributed by atoms with Gasteiger partial charge in [0.2, 0.25) is 5.75 Å². The van der Waals surface area contributed by atoms with Crippen LogP contribution in [0.3, 0.4) is 0 Å². The van der Waals surface area contributed by atoms with E-state index in [9.17, 15) is 14.9 Å². The Kier molecular flexibility index (Phi) is 4.99. The maximum atomic E-state index is 13.0. The Morgan fingerprint density at radius 2 is 1.66 bits per heavy atom. The molecule has 152 valence electrons. The van der Waals surface area contributed by atoms with Crippen LogP contribution >= 0.6 is 0 Å². The van der Waals surface area contributed by atoms with Crippen molar-refractivity contribution in [1.29, 1.82) is 5.26 Å². The van der Waals surface area contributed by atoms with Crippen molar-refractivity contribution in [3.63, 3.8) is 0 Å². The molecular formula is C19H21N5O5. The highest BCUT2D eigenvalue weighted by Crippen LogP contribution is 2.45. The molecule has 0 radical (unpaired) electrons. The zero-order chi connectivity index (χ0) is 21.5. The molecule has 2 aromatic rings. The first-order valence-electron chi connectivity index (χ1n) is 8.57. The third-order valence-electron chi connectivity index (χ3n) is 4.96. The van der Waals surface area contributed by atoms with Gasteiger partial charge in [0, 0.05) is 14.1 Å². The fourth-order valence-electron chi connectivity index (χ4n) is 3.50. The zero-order valence-corrected chi connectivity index (χ0v) is 16.7. The Balaban J connectivity index is 2.43. The van der Waals surface area contributed by atoms with E-state index in [-0.39, 0.29) is 22.8 Å². The molecule has 0 amide bonds. The van der Waals surface area contributed by atoms with Crippen LogP contribution < -0.4 is 36.5 Å². The van der Waals surface area contributed by atoms with Crippen LogP contribution in [0.4, 0.5) is 5.82 Å². The van der Waals surface area contributed by atoms with Gasteiger partial charge in [-0.2, -0.15) is 5.26 Å². The number of nitrogens with two attached hydrogens (primary N) is 1. The van der Waals surface area contributed by atoms with Crippen LogP contribution in [0.5, 0.6) is 17.2 Å². The van der Waals surface area contributed by atoms with E-state index in [2.05, 4.69) is 11.4 Å². The molecule has 2 heterocycles. The minimum atomic E-state index is -0.838. The summed E-state index contributed by atoms with van der Waals surface area (Å²) in [6.45, 7) is 0. The number of hydrogen-bond acceptors (Lipinski definition) is 8. The molecule has 1 aliphatic rings. The maximum absolute atomic E-state index is 13.0. The molecule has 0 spiro atoms. The minimum absolute atomic E-state index is 0.0574. The van der Waals surface area contributed by atoms with Crippen LogP contribution in [0.15, 0.2) is 33.1 Å². The molecule has 0 saturated carbocycles. The van der Waals surface area contributed by atoms with Gasteiger partial charge in [0.1, 0.15) is 11.6 Å². The summed E-state index contributed by atoms with van der Waals surface area (Å²) in [5.74, 6) is 0.543. The summed E-state index contributed by atoms with van der Waals surface area (Å²) in [5, 5.41) is 12.6. The van der Waals surface area contributed by atoms with Crippen LogP contribution in [0.1, 0.15) is 17.0 Å². The Hall–Kier alpha value is -3.87. The van der Waals surface area contributed by atoms with Crippen molar-refractivity contribution < 1.29 is 14.2 Å². The van der Waals surface area contributed by atoms with Gasteiger partial charge in [-0.25, -0.2) is 4.79 Å². The number of fused-ring (bicyclic) bond motifs is 1. The smallest absolute Gasteiger partial charge is 0.332 e. The van der Waals surface area contributed by atoms with Crippen molar-refractivity contribution in [2.24, 2.45) is 19.8 Å². The molecule has 10 nitrogen and oxygen atoms in total. The van der Waals surface area contributed by atoms with Crippen LogP contribution in [0, 0.1) is 11.3 Å². The molecule has 29 heavy (non-hydrogen) atoms. The van der Waals surface area contributed by atoms with E-state index in [0.717, 1.165) is 4.57 Å². The zero-order valence-electron chi connectivity index (χ0n) is 16.7. The number of nitriles is 1. The largest absolute Gasteiger partial charge is 0.493 e. The predicted octanol–water partition coefficient (Wildman–Crippen LogP) is 0.361. The Labute approximate surface area is 166 Å². The predicted molar refractivity (Wildman–Crippen MR) is 105 cm³/mol. The van der Waals surface area contributed by atoms with Gasteiger partial charge in [0.05, 0.1) is 44.5 Å². The summed E-state index contributed by atoms with van der Waals surface area (Å²) >= 11 is 0. The van der Waals surface area contributed by atoms with Crippen molar-refractivity contribution in [2.45, 2.75) is 5.92 Å². The third kappa shape index (κ3) is 2.87.